The molecule has 1 amide bonds. The molecule has 0 fully saturated rings. The van der Waals surface area contributed by atoms with Crippen molar-refractivity contribution in [3.8, 4) is 11.8 Å². The predicted octanol–water partition coefficient (Wildman–Crippen LogP) is 4.03. The van der Waals surface area contributed by atoms with Crippen LogP contribution >= 0.6 is 0 Å². The fourth-order valence-corrected chi connectivity index (χ4v) is 2.70. The lowest BCUT2D eigenvalue weighted by Crippen LogP contribution is -2.40. The van der Waals surface area contributed by atoms with Gasteiger partial charge in [-0.3, -0.25) is 9.59 Å². The largest absolute Gasteiger partial charge is 0.494 e. The molecular formula is C23H26N2O4. The molecule has 0 spiro atoms. The van der Waals surface area contributed by atoms with E-state index in [2.05, 4.69) is 0 Å². The van der Waals surface area contributed by atoms with Crippen LogP contribution in [0.1, 0.15) is 31.7 Å². The number of anilines is 1. The summed E-state index contributed by atoms with van der Waals surface area (Å²) < 4.78 is 10.9. The number of para-hydroxylation sites is 1. The average Bonchev–Trinajstić information content (AvgIpc) is 2.73. The van der Waals surface area contributed by atoms with Crippen molar-refractivity contribution in [3.63, 3.8) is 0 Å². The van der Waals surface area contributed by atoms with Crippen molar-refractivity contribution >= 4 is 17.6 Å². The summed E-state index contributed by atoms with van der Waals surface area (Å²) in [6.45, 7) is 4.18. The van der Waals surface area contributed by atoms with Crippen molar-refractivity contribution in [2.75, 3.05) is 18.1 Å². The molecule has 2 aromatic rings. The van der Waals surface area contributed by atoms with Crippen molar-refractivity contribution in [3.05, 3.63) is 60.2 Å². The van der Waals surface area contributed by atoms with E-state index in [1.807, 2.05) is 55.5 Å². The number of amides is 1. The Morgan fingerprint density at radius 1 is 1.10 bits per heavy atom. The second-order valence-corrected chi connectivity index (χ2v) is 6.63. The molecule has 2 aromatic carbocycles. The number of rotatable bonds is 10. The maximum absolute atomic E-state index is 12.7. The van der Waals surface area contributed by atoms with E-state index < -0.39 is 12.1 Å². The maximum atomic E-state index is 12.7. The third-order valence-corrected chi connectivity index (χ3v) is 4.25. The Labute approximate surface area is 171 Å². The van der Waals surface area contributed by atoms with Crippen LogP contribution in [0.5, 0.6) is 5.75 Å². The first-order valence-corrected chi connectivity index (χ1v) is 9.63. The molecule has 0 aliphatic carbocycles. The summed E-state index contributed by atoms with van der Waals surface area (Å²) in [6, 6.07) is 18.8. The normalized spacial score (nSPS) is 11.2. The van der Waals surface area contributed by atoms with Gasteiger partial charge >= 0.3 is 5.97 Å². The molecule has 0 heterocycles. The highest BCUT2D eigenvalue weighted by atomic mass is 16.5. The summed E-state index contributed by atoms with van der Waals surface area (Å²) in [5, 5.41) is 8.86. The number of aryl methyl sites for hydroxylation is 1. The van der Waals surface area contributed by atoms with Gasteiger partial charge < -0.3 is 14.4 Å². The van der Waals surface area contributed by atoms with Crippen molar-refractivity contribution in [1.29, 1.82) is 5.26 Å². The number of carbonyl (C=O) groups excluding carboxylic acids is 2. The van der Waals surface area contributed by atoms with Crippen molar-refractivity contribution in [2.45, 2.75) is 39.2 Å². The summed E-state index contributed by atoms with van der Waals surface area (Å²) in [6.07, 6.45) is -0.0887. The van der Waals surface area contributed by atoms with Gasteiger partial charge in [0.05, 0.1) is 19.1 Å². The average molecular weight is 394 g/mol. The summed E-state index contributed by atoms with van der Waals surface area (Å²) in [7, 11) is 0. The second-order valence-electron chi connectivity index (χ2n) is 6.63. The minimum absolute atomic E-state index is 0.160. The van der Waals surface area contributed by atoms with E-state index in [-0.39, 0.29) is 25.3 Å². The zero-order valence-electron chi connectivity index (χ0n) is 16.8. The Balaban J connectivity index is 1.81. The molecule has 1 unspecified atom stereocenters. The topological polar surface area (TPSA) is 79.6 Å². The van der Waals surface area contributed by atoms with Gasteiger partial charge in [-0.25, -0.2) is 0 Å². The number of nitrogens with zero attached hydrogens (tertiary/aromatic N) is 2. The van der Waals surface area contributed by atoms with E-state index in [0.717, 1.165) is 11.3 Å². The van der Waals surface area contributed by atoms with E-state index in [0.29, 0.717) is 18.7 Å². The Hall–Kier alpha value is -3.33. The van der Waals surface area contributed by atoms with Gasteiger partial charge in [0.1, 0.15) is 5.75 Å². The highest BCUT2D eigenvalue weighted by Gasteiger charge is 2.24. The Bertz CT molecular complexity index is 828. The molecule has 152 valence electrons. The fraction of sp³-hybridized carbons (Fsp3) is 0.348. The van der Waals surface area contributed by atoms with E-state index in [4.69, 9.17) is 14.7 Å². The quantitative estimate of drug-likeness (QED) is 0.449. The summed E-state index contributed by atoms with van der Waals surface area (Å²) in [4.78, 5) is 26.3. The van der Waals surface area contributed by atoms with E-state index in [1.54, 1.807) is 19.1 Å². The Kier molecular flexibility index (Phi) is 8.71. The summed E-state index contributed by atoms with van der Waals surface area (Å²) in [5.74, 6) is -0.0501. The summed E-state index contributed by atoms with van der Waals surface area (Å²) >= 11 is 0. The minimum Gasteiger partial charge on any atom is -0.494 e. The lowest BCUT2D eigenvalue weighted by Gasteiger charge is -2.25. The molecule has 0 bridgehead atoms. The number of esters is 1. The van der Waals surface area contributed by atoms with Gasteiger partial charge in [0, 0.05) is 18.7 Å². The van der Waals surface area contributed by atoms with Gasteiger partial charge in [-0.1, -0.05) is 35.9 Å². The van der Waals surface area contributed by atoms with Crippen LogP contribution in [0.2, 0.25) is 0 Å². The van der Waals surface area contributed by atoms with Gasteiger partial charge in [-0.2, -0.15) is 5.26 Å². The zero-order valence-corrected chi connectivity index (χ0v) is 16.8. The standard InChI is InChI=1S/C23H26N2O4/c1-18-11-13-21(14-12-18)28-17-6-10-22(26)29-19(2)23(27)25(16-7-15-24)20-8-4-3-5-9-20/h3-5,8-9,11-14,19H,6-7,10,16-17H2,1-2H3. The predicted molar refractivity (Wildman–Crippen MR) is 110 cm³/mol. The van der Waals surface area contributed by atoms with Crippen molar-refractivity contribution in [2.24, 2.45) is 0 Å². The van der Waals surface area contributed by atoms with Gasteiger partial charge in [0.2, 0.25) is 0 Å². The molecule has 0 saturated carbocycles. The number of benzene rings is 2. The molecule has 0 aromatic heterocycles. The molecule has 0 saturated heterocycles. The highest BCUT2D eigenvalue weighted by molar-refractivity contribution is 5.97. The smallest absolute Gasteiger partial charge is 0.306 e. The van der Waals surface area contributed by atoms with E-state index in [9.17, 15) is 9.59 Å². The van der Waals surface area contributed by atoms with E-state index >= 15 is 0 Å². The first-order valence-electron chi connectivity index (χ1n) is 9.63. The lowest BCUT2D eigenvalue weighted by atomic mass is 10.2. The van der Waals surface area contributed by atoms with Gasteiger partial charge in [-0.15, -0.1) is 0 Å². The molecule has 0 aliphatic rings. The lowest BCUT2D eigenvalue weighted by molar-refractivity contribution is -0.154. The third-order valence-electron chi connectivity index (χ3n) is 4.25. The maximum Gasteiger partial charge on any atom is 0.306 e. The Morgan fingerprint density at radius 2 is 1.79 bits per heavy atom. The number of nitriles is 1. The number of hydrogen-bond acceptors (Lipinski definition) is 5. The van der Waals surface area contributed by atoms with Crippen LogP contribution in [-0.2, 0) is 14.3 Å². The molecule has 6 heteroatoms. The zero-order chi connectivity index (χ0) is 21.1. The second kappa shape index (κ2) is 11.5. The molecule has 29 heavy (non-hydrogen) atoms. The highest BCUT2D eigenvalue weighted by Crippen LogP contribution is 2.16. The molecule has 0 N–H and O–H groups in total. The van der Waals surface area contributed by atoms with E-state index in [1.165, 1.54) is 4.90 Å². The molecule has 0 aliphatic heterocycles. The van der Waals surface area contributed by atoms with Crippen LogP contribution in [0.3, 0.4) is 0 Å². The number of carbonyl (C=O) groups is 2. The van der Waals surface area contributed by atoms with Crippen LogP contribution < -0.4 is 9.64 Å². The molecule has 2 rings (SSSR count). The van der Waals surface area contributed by atoms with Crippen molar-refractivity contribution in [1.82, 2.24) is 0 Å². The van der Waals surface area contributed by atoms with Crippen LogP contribution in [-0.4, -0.2) is 31.1 Å². The summed E-state index contributed by atoms with van der Waals surface area (Å²) in [5.41, 5.74) is 1.82. The van der Waals surface area contributed by atoms with Gasteiger partial charge in [-0.05, 0) is 44.5 Å². The monoisotopic (exact) mass is 394 g/mol. The third kappa shape index (κ3) is 7.30. The molecule has 1 atom stereocenters. The first kappa shape index (κ1) is 22.0. The molecular weight excluding hydrogens is 368 g/mol. The Morgan fingerprint density at radius 3 is 2.45 bits per heavy atom. The van der Waals surface area contributed by atoms with Crippen LogP contribution in [0.25, 0.3) is 0 Å². The van der Waals surface area contributed by atoms with Crippen LogP contribution in [0.15, 0.2) is 54.6 Å². The SMILES string of the molecule is Cc1ccc(OCCCC(=O)OC(C)C(=O)N(CCC#N)c2ccccc2)cc1. The van der Waals surface area contributed by atoms with Crippen molar-refractivity contribution < 1.29 is 19.1 Å². The van der Waals surface area contributed by atoms with Gasteiger partial charge in [0.25, 0.3) is 5.91 Å². The molecule has 6 nitrogen and oxygen atoms in total. The fourth-order valence-electron chi connectivity index (χ4n) is 2.70. The van der Waals surface area contributed by atoms with Gasteiger partial charge in [0.15, 0.2) is 6.10 Å². The first-order chi connectivity index (χ1) is 14.0. The number of ether oxygens (including phenoxy) is 2. The molecule has 0 radical (unpaired) electrons. The van der Waals surface area contributed by atoms with Crippen LogP contribution in [0, 0.1) is 18.3 Å². The minimum atomic E-state index is -0.931. The number of hydrogen-bond donors (Lipinski definition) is 0. The van der Waals surface area contributed by atoms with Crippen LogP contribution in [0.4, 0.5) is 5.69 Å².